The fourth-order valence-electron chi connectivity index (χ4n) is 2.63. The molecular weight excluding hydrogens is 304 g/mol. The van der Waals surface area contributed by atoms with E-state index >= 15 is 0 Å². The summed E-state index contributed by atoms with van der Waals surface area (Å²) in [6.07, 6.45) is 0.854. The van der Waals surface area contributed by atoms with Gasteiger partial charge in [-0.1, -0.05) is 20.3 Å². The zero-order valence-electron chi connectivity index (χ0n) is 14.8. The minimum Gasteiger partial charge on any atom is -0.336 e. The molecule has 0 saturated carbocycles. The number of benzene rings is 1. The minimum absolute atomic E-state index is 0.0392. The lowest BCUT2D eigenvalue weighted by atomic mass is 9.99. The largest absolute Gasteiger partial charge is 0.336 e. The molecule has 6 nitrogen and oxygen atoms in total. The highest BCUT2D eigenvalue weighted by atomic mass is 16.2. The number of nitrogens with one attached hydrogen (secondary N) is 1. The molecule has 2 rings (SSSR count). The van der Waals surface area contributed by atoms with E-state index in [1.165, 1.54) is 0 Å². The Bertz CT molecular complexity index is 565. The molecular formula is C18H28N4O2. The van der Waals surface area contributed by atoms with Gasteiger partial charge in [-0.3, -0.25) is 9.59 Å². The number of rotatable bonds is 5. The number of hydrogen-bond acceptors (Lipinski definition) is 4. The number of carbonyl (C=O) groups excluding carboxylic acids is 2. The van der Waals surface area contributed by atoms with Gasteiger partial charge in [0, 0.05) is 37.4 Å². The van der Waals surface area contributed by atoms with E-state index in [4.69, 9.17) is 5.73 Å². The number of nitrogens with two attached hydrogens (primary N) is 1. The molecule has 2 atom stereocenters. The molecule has 0 bridgehead atoms. The number of amides is 2. The van der Waals surface area contributed by atoms with Crippen LogP contribution in [0.2, 0.25) is 0 Å². The maximum atomic E-state index is 12.5. The van der Waals surface area contributed by atoms with Crippen LogP contribution >= 0.6 is 0 Å². The molecule has 1 aromatic rings. The Morgan fingerprint density at radius 1 is 1.17 bits per heavy atom. The minimum atomic E-state index is -0.526. The molecule has 0 aliphatic carbocycles. The SMILES string of the molecule is CCC(C)C(N)C(=O)Nc1ccc(C(=O)N2CCN(C)CC2)cc1. The van der Waals surface area contributed by atoms with Crippen LogP contribution in [0, 0.1) is 5.92 Å². The van der Waals surface area contributed by atoms with E-state index in [0.29, 0.717) is 11.3 Å². The zero-order chi connectivity index (χ0) is 17.7. The molecule has 1 heterocycles. The number of piperazine rings is 1. The van der Waals surface area contributed by atoms with Crippen molar-refractivity contribution in [1.82, 2.24) is 9.80 Å². The second kappa shape index (κ2) is 8.26. The second-order valence-corrected chi connectivity index (χ2v) is 6.57. The monoisotopic (exact) mass is 332 g/mol. The first-order valence-electron chi connectivity index (χ1n) is 8.56. The van der Waals surface area contributed by atoms with Gasteiger partial charge >= 0.3 is 0 Å². The van der Waals surface area contributed by atoms with Crippen molar-refractivity contribution < 1.29 is 9.59 Å². The summed E-state index contributed by atoms with van der Waals surface area (Å²) in [4.78, 5) is 28.6. The lowest BCUT2D eigenvalue weighted by molar-refractivity contribution is -0.118. The molecule has 24 heavy (non-hydrogen) atoms. The molecule has 132 valence electrons. The predicted molar refractivity (Wildman–Crippen MR) is 95.9 cm³/mol. The summed E-state index contributed by atoms with van der Waals surface area (Å²) in [5, 5.41) is 2.81. The quantitative estimate of drug-likeness (QED) is 0.854. The Morgan fingerprint density at radius 2 is 1.75 bits per heavy atom. The van der Waals surface area contributed by atoms with Gasteiger partial charge in [0.05, 0.1) is 6.04 Å². The highest BCUT2D eigenvalue weighted by molar-refractivity contribution is 5.97. The third-order valence-corrected chi connectivity index (χ3v) is 4.75. The van der Waals surface area contributed by atoms with Crippen molar-refractivity contribution in [3.8, 4) is 0 Å². The normalized spacial score (nSPS) is 18.1. The lowest BCUT2D eigenvalue weighted by Crippen LogP contribution is -2.47. The third-order valence-electron chi connectivity index (χ3n) is 4.75. The van der Waals surface area contributed by atoms with Crippen molar-refractivity contribution in [3.63, 3.8) is 0 Å². The van der Waals surface area contributed by atoms with Crippen LogP contribution in [-0.2, 0) is 4.79 Å². The Balaban J connectivity index is 1.95. The van der Waals surface area contributed by atoms with Crippen LogP contribution in [0.25, 0.3) is 0 Å². The van der Waals surface area contributed by atoms with E-state index in [2.05, 4.69) is 17.3 Å². The van der Waals surface area contributed by atoms with Crippen LogP contribution in [0.4, 0.5) is 5.69 Å². The van der Waals surface area contributed by atoms with E-state index in [-0.39, 0.29) is 17.7 Å². The van der Waals surface area contributed by atoms with Gasteiger partial charge in [0.2, 0.25) is 5.91 Å². The van der Waals surface area contributed by atoms with Gasteiger partial charge < -0.3 is 20.9 Å². The molecule has 2 unspecified atom stereocenters. The molecule has 6 heteroatoms. The first-order chi connectivity index (χ1) is 11.4. The Kier molecular flexibility index (Phi) is 6.34. The second-order valence-electron chi connectivity index (χ2n) is 6.57. The molecule has 1 aliphatic rings. The van der Waals surface area contributed by atoms with Crippen LogP contribution in [0.15, 0.2) is 24.3 Å². The molecule has 3 N–H and O–H groups in total. The maximum Gasteiger partial charge on any atom is 0.253 e. The van der Waals surface area contributed by atoms with Gasteiger partial charge in [-0.25, -0.2) is 0 Å². The Morgan fingerprint density at radius 3 is 2.29 bits per heavy atom. The summed E-state index contributed by atoms with van der Waals surface area (Å²) < 4.78 is 0. The average molecular weight is 332 g/mol. The molecule has 1 aromatic carbocycles. The number of hydrogen-bond donors (Lipinski definition) is 2. The molecule has 2 amide bonds. The highest BCUT2D eigenvalue weighted by Gasteiger charge is 2.21. The number of carbonyl (C=O) groups is 2. The van der Waals surface area contributed by atoms with Crippen molar-refractivity contribution in [2.24, 2.45) is 11.7 Å². The summed E-state index contributed by atoms with van der Waals surface area (Å²) in [6, 6.07) is 6.49. The van der Waals surface area contributed by atoms with Crippen molar-refractivity contribution in [1.29, 1.82) is 0 Å². The first kappa shape index (κ1) is 18.4. The van der Waals surface area contributed by atoms with Gasteiger partial charge in [-0.15, -0.1) is 0 Å². The first-order valence-corrected chi connectivity index (χ1v) is 8.56. The Labute approximate surface area is 144 Å². The van der Waals surface area contributed by atoms with Crippen LogP contribution in [0.1, 0.15) is 30.6 Å². The Hall–Kier alpha value is -1.92. The molecule has 1 fully saturated rings. The summed E-state index contributed by atoms with van der Waals surface area (Å²) in [5.41, 5.74) is 7.23. The molecule has 0 radical (unpaired) electrons. The maximum absolute atomic E-state index is 12.5. The van der Waals surface area contributed by atoms with E-state index in [1.807, 2.05) is 18.7 Å². The molecule has 1 saturated heterocycles. The van der Waals surface area contributed by atoms with Crippen molar-refractivity contribution in [3.05, 3.63) is 29.8 Å². The fourth-order valence-corrected chi connectivity index (χ4v) is 2.63. The van der Waals surface area contributed by atoms with Crippen LogP contribution in [0.5, 0.6) is 0 Å². The van der Waals surface area contributed by atoms with Gasteiger partial charge in [0.15, 0.2) is 0 Å². The number of likely N-dealkylation sites (N-methyl/N-ethyl adjacent to an activating group) is 1. The molecule has 0 spiro atoms. The van der Waals surface area contributed by atoms with Gasteiger partial charge in [-0.05, 0) is 37.2 Å². The smallest absolute Gasteiger partial charge is 0.253 e. The number of nitrogens with zero attached hydrogens (tertiary/aromatic N) is 2. The van der Waals surface area contributed by atoms with Crippen molar-refractivity contribution >= 4 is 17.5 Å². The van der Waals surface area contributed by atoms with Crippen molar-refractivity contribution in [2.75, 3.05) is 38.5 Å². The molecule has 1 aliphatic heterocycles. The van der Waals surface area contributed by atoms with E-state index in [9.17, 15) is 9.59 Å². The lowest BCUT2D eigenvalue weighted by Gasteiger charge is -2.32. The van der Waals surface area contributed by atoms with Crippen LogP contribution in [0.3, 0.4) is 0 Å². The number of anilines is 1. The summed E-state index contributed by atoms with van der Waals surface area (Å²) in [7, 11) is 2.06. The average Bonchev–Trinajstić information content (AvgIpc) is 2.61. The summed E-state index contributed by atoms with van der Waals surface area (Å²) >= 11 is 0. The van der Waals surface area contributed by atoms with Gasteiger partial charge in [-0.2, -0.15) is 0 Å². The highest BCUT2D eigenvalue weighted by Crippen LogP contribution is 2.14. The zero-order valence-corrected chi connectivity index (χ0v) is 14.8. The molecule has 0 aromatic heterocycles. The van der Waals surface area contributed by atoms with Gasteiger partial charge in [0.25, 0.3) is 5.91 Å². The van der Waals surface area contributed by atoms with Gasteiger partial charge in [0.1, 0.15) is 0 Å². The van der Waals surface area contributed by atoms with Crippen molar-refractivity contribution in [2.45, 2.75) is 26.3 Å². The van der Waals surface area contributed by atoms with E-state index in [1.54, 1.807) is 24.3 Å². The summed E-state index contributed by atoms with van der Waals surface area (Å²) in [6.45, 7) is 7.26. The summed E-state index contributed by atoms with van der Waals surface area (Å²) in [5.74, 6) is -0.0251. The van der Waals surface area contributed by atoms with Crippen LogP contribution < -0.4 is 11.1 Å². The van der Waals surface area contributed by atoms with Crippen LogP contribution in [-0.4, -0.2) is 60.9 Å². The standard InChI is InChI=1S/C18H28N4O2/c1-4-13(2)16(19)17(23)20-15-7-5-14(6-8-15)18(24)22-11-9-21(3)10-12-22/h5-8,13,16H,4,9-12,19H2,1-3H3,(H,20,23). The van der Waals surface area contributed by atoms with E-state index in [0.717, 1.165) is 32.6 Å². The third kappa shape index (κ3) is 4.55. The topological polar surface area (TPSA) is 78.7 Å². The fraction of sp³-hybridized carbons (Fsp3) is 0.556. The predicted octanol–water partition coefficient (Wildman–Crippen LogP) is 1.39. The van der Waals surface area contributed by atoms with E-state index < -0.39 is 6.04 Å².